The number of guanidine groups is 1. The Bertz CT molecular complexity index is 876. The largest absolute Gasteiger partial charge is 0.370 e. The zero-order valence-electron chi connectivity index (χ0n) is 14.3. The van der Waals surface area contributed by atoms with E-state index >= 15 is 0 Å². The number of nitrogens with two attached hydrogens (primary N) is 1. The van der Waals surface area contributed by atoms with E-state index in [0.717, 1.165) is 28.1 Å². The summed E-state index contributed by atoms with van der Waals surface area (Å²) in [5, 5.41) is 3.14. The molecule has 0 bridgehead atoms. The van der Waals surface area contributed by atoms with Gasteiger partial charge < -0.3 is 16.0 Å². The highest BCUT2D eigenvalue weighted by atomic mass is 15.1. The second-order valence-electron chi connectivity index (χ2n) is 6.26. The van der Waals surface area contributed by atoms with Crippen LogP contribution in [0.25, 0.3) is 11.0 Å². The van der Waals surface area contributed by atoms with Crippen molar-refractivity contribution in [2.75, 3.05) is 5.32 Å². The van der Waals surface area contributed by atoms with Gasteiger partial charge in [-0.25, -0.2) is 9.98 Å². The minimum Gasteiger partial charge on any atom is -0.370 e. The fourth-order valence-electron chi connectivity index (χ4n) is 2.62. The van der Waals surface area contributed by atoms with Crippen LogP contribution in [0.3, 0.4) is 0 Å². The molecule has 1 aromatic heterocycles. The molecule has 0 atom stereocenters. The third kappa shape index (κ3) is 3.56. The predicted octanol–water partition coefficient (Wildman–Crippen LogP) is 3.92. The van der Waals surface area contributed by atoms with Crippen LogP contribution >= 0.6 is 0 Å². The summed E-state index contributed by atoms with van der Waals surface area (Å²) in [6, 6.07) is 14.3. The number of aromatic nitrogens is 2. The minimum absolute atomic E-state index is 0.382. The van der Waals surface area contributed by atoms with Gasteiger partial charge >= 0.3 is 0 Å². The molecule has 4 N–H and O–H groups in total. The molecule has 5 nitrogen and oxygen atoms in total. The van der Waals surface area contributed by atoms with E-state index in [2.05, 4.69) is 46.3 Å². The smallest absolute Gasteiger partial charge is 0.193 e. The summed E-state index contributed by atoms with van der Waals surface area (Å²) in [5.41, 5.74) is 11.4. The number of rotatable bonds is 4. The molecule has 0 saturated heterocycles. The van der Waals surface area contributed by atoms with Crippen LogP contribution in [0.5, 0.6) is 0 Å². The molecular weight excluding hydrogens is 298 g/mol. The summed E-state index contributed by atoms with van der Waals surface area (Å²) >= 11 is 0. The summed E-state index contributed by atoms with van der Waals surface area (Å²) in [4.78, 5) is 12.2. The average Bonchev–Trinajstić information content (AvgIpc) is 2.98. The van der Waals surface area contributed by atoms with E-state index in [1.807, 2.05) is 37.3 Å². The number of para-hydroxylation sites is 1. The van der Waals surface area contributed by atoms with Crippen molar-refractivity contribution in [1.82, 2.24) is 9.97 Å². The Labute approximate surface area is 142 Å². The Hall–Kier alpha value is -2.82. The van der Waals surface area contributed by atoms with Crippen molar-refractivity contribution >= 4 is 22.7 Å². The van der Waals surface area contributed by atoms with Gasteiger partial charge in [0.25, 0.3) is 0 Å². The zero-order valence-corrected chi connectivity index (χ0v) is 14.3. The molecule has 0 fully saturated rings. The lowest BCUT2D eigenvalue weighted by atomic mass is 10.0. The van der Waals surface area contributed by atoms with E-state index in [4.69, 9.17) is 5.73 Å². The highest BCUT2D eigenvalue weighted by Crippen LogP contribution is 2.18. The van der Waals surface area contributed by atoms with Crippen LogP contribution in [0.15, 0.2) is 47.5 Å². The van der Waals surface area contributed by atoms with E-state index in [1.165, 1.54) is 5.56 Å². The molecule has 0 spiro atoms. The summed E-state index contributed by atoms with van der Waals surface area (Å²) in [7, 11) is 0. The van der Waals surface area contributed by atoms with Crippen LogP contribution in [-0.2, 0) is 6.54 Å². The maximum Gasteiger partial charge on any atom is 0.193 e. The van der Waals surface area contributed by atoms with Crippen molar-refractivity contribution in [3.05, 3.63) is 59.4 Å². The summed E-state index contributed by atoms with van der Waals surface area (Å²) in [6.07, 6.45) is 0. The lowest BCUT2D eigenvalue weighted by Gasteiger charge is -2.09. The van der Waals surface area contributed by atoms with E-state index < -0.39 is 0 Å². The molecule has 0 aliphatic heterocycles. The molecule has 0 unspecified atom stereocenters. The lowest BCUT2D eigenvalue weighted by Crippen LogP contribution is -2.22. The summed E-state index contributed by atoms with van der Waals surface area (Å²) in [6.45, 7) is 6.80. The number of aromatic amines is 1. The van der Waals surface area contributed by atoms with Crippen molar-refractivity contribution in [2.24, 2.45) is 10.7 Å². The second-order valence-corrected chi connectivity index (χ2v) is 6.26. The van der Waals surface area contributed by atoms with Crippen molar-refractivity contribution in [3.63, 3.8) is 0 Å². The Morgan fingerprint density at radius 1 is 1.25 bits per heavy atom. The molecule has 3 aromatic rings. The van der Waals surface area contributed by atoms with Crippen molar-refractivity contribution in [1.29, 1.82) is 0 Å². The van der Waals surface area contributed by atoms with Gasteiger partial charge in [-0.3, -0.25) is 0 Å². The first-order chi connectivity index (χ1) is 11.5. The number of hydrogen-bond donors (Lipinski definition) is 3. The van der Waals surface area contributed by atoms with Crippen LogP contribution < -0.4 is 11.1 Å². The molecule has 24 heavy (non-hydrogen) atoms. The van der Waals surface area contributed by atoms with Gasteiger partial charge in [-0.2, -0.15) is 0 Å². The molecule has 0 aliphatic rings. The maximum absolute atomic E-state index is 6.00. The predicted molar refractivity (Wildman–Crippen MR) is 100 cm³/mol. The minimum atomic E-state index is 0.382. The zero-order chi connectivity index (χ0) is 17.1. The molecule has 3 rings (SSSR count). The summed E-state index contributed by atoms with van der Waals surface area (Å²) < 4.78 is 0. The van der Waals surface area contributed by atoms with Gasteiger partial charge in [0.05, 0.1) is 11.0 Å². The fourth-order valence-corrected chi connectivity index (χ4v) is 2.62. The van der Waals surface area contributed by atoms with Crippen molar-refractivity contribution < 1.29 is 0 Å². The number of nitrogens with zero attached hydrogens (tertiary/aromatic N) is 2. The average molecular weight is 321 g/mol. The van der Waals surface area contributed by atoms with Gasteiger partial charge in [0.15, 0.2) is 5.96 Å². The molecule has 5 heteroatoms. The Morgan fingerprint density at radius 3 is 2.79 bits per heavy atom. The first-order valence-electron chi connectivity index (χ1n) is 8.14. The van der Waals surface area contributed by atoms with Gasteiger partial charge in [-0.1, -0.05) is 38.1 Å². The van der Waals surface area contributed by atoms with Gasteiger partial charge in [0.1, 0.15) is 12.4 Å². The van der Waals surface area contributed by atoms with Crippen LogP contribution in [0, 0.1) is 6.92 Å². The molecule has 0 aliphatic carbocycles. The molecular formula is C19H23N5. The Morgan fingerprint density at radius 2 is 2.04 bits per heavy atom. The number of benzene rings is 2. The van der Waals surface area contributed by atoms with E-state index in [1.54, 1.807) is 0 Å². The molecule has 124 valence electrons. The van der Waals surface area contributed by atoms with Gasteiger partial charge in [-0.05, 0) is 42.2 Å². The SMILES string of the molecule is Cc1cccc2[nH]c(CN=C(N)Nc3cccc(C(C)C)c3)nc12. The van der Waals surface area contributed by atoms with E-state index in [-0.39, 0.29) is 0 Å². The first kappa shape index (κ1) is 16.1. The fraction of sp³-hybridized carbons (Fsp3) is 0.263. The van der Waals surface area contributed by atoms with Crippen LogP contribution in [0.1, 0.15) is 36.7 Å². The number of aliphatic imine (C=N–C) groups is 1. The molecule has 1 heterocycles. The Kier molecular flexibility index (Phi) is 4.51. The number of aryl methyl sites for hydroxylation is 1. The second kappa shape index (κ2) is 6.74. The number of hydrogen-bond acceptors (Lipinski definition) is 2. The maximum atomic E-state index is 6.00. The lowest BCUT2D eigenvalue weighted by molar-refractivity contribution is 0.867. The molecule has 2 aromatic carbocycles. The standard InChI is InChI=1S/C19H23N5/c1-12(2)14-7-5-8-15(10-14)22-19(20)21-11-17-23-16-9-4-6-13(3)18(16)24-17/h4-10,12H,11H2,1-3H3,(H,23,24)(H3,20,21,22). The van der Waals surface area contributed by atoms with Crippen LogP contribution in [0.4, 0.5) is 5.69 Å². The number of fused-ring (bicyclic) bond motifs is 1. The molecule has 0 radical (unpaired) electrons. The topological polar surface area (TPSA) is 79.1 Å². The monoisotopic (exact) mass is 321 g/mol. The van der Waals surface area contributed by atoms with Gasteiger partial charge in [0.2, 0.25) is 0 Å². The van der Waals surface area contributed by atoms with Crippen molar-refractivity contribution in [3.8, 4) is 0 Å². The normalized spacial score (nSPS) is 12.1. The number of nitrogens with one attached hydrogen (secondary N) is 2. The first-order valence-corrected chi connectivity index (χ1v) is 8.14. The van der Waals surface area contributed by atoms with E-state index in [9.17, 15) is 0 Å². The van der Waals surface area contributed by atoms with Crippen LogP contribution in [0.2, 0.25) is 0 Å². The van der Waals surface area contributed by atoms with Crippen molar-refractivity contribution in [2.45, 2.75) is 33.2 Å². The number of imidazole rings is 1. The Balaban J connectivity index is 1.71. The highest BCUT2D eigenvalue weighted by Gasteiger charge is 2.05. The molecule has 0 amide bonds. The quantitative estimate of drug-likeness (QED) is 0.503. The third-order valence-electron chi connectivity index (χ3n) is 3.99. The van der Waals surface area contributed by atoms with Gasteiger partial charge in [0, 0.05) is 5.69 Å². The highest BCUT2D eigenvalue weighted by molar-refractivity contribution is 5.92. The van der Waals surface area contributed by atoms with E-state index in [0.29, 0.717) is 18.4 Å². The third-order valence-corrected chi connectivity index (χ3v) is 3.99. The van der Waals surface area contributed by atoms with Gasteiger partial charge in [-0.15, -0.1) is 0 Å². The number of anilines is 1. The summed E-state index contributed by atoms with van der Waals surface area (Å²) in [5.74, 6) is 1.66. The number of H-pyrrole nitrogens is 1. The molecule has 0 saturated carbocycles. The van der Waals surface area contributed by atoms with Crippen LogP contribution in [-0.4, -0.2) is 15.9 Å².